The highest BCUT2D eigenvalue weighted by atomic mass is 16.5. The van der Waals surface area contributed by atoms with Crippen molar-refractivity contribution in [2.24, 2.45) is 17.1 Å². The van der Waals surface area contributed by atoms with E-state index in [2.05, 4.69) is 5.32 Å². The van der Waals surface area contributed by atoms with E-state index < -0.39 is 0 Å². The minimum absolute atomic E-state index is 0.292. The molecular weight excluding hydrogens is 128 g/mol. The van der Waals surface area contributed by atoms with Gasteiger partial charge in [-0.05, 0) is 0 Å². The topological polar surface area (TPSA) is 47.3 Å². The molecule has 2 aliphatic rings. The first-order valence-electron chi connectivity index (χ1n) is 3.86. The van der Waals surface area contributed by atoms with E-state index >= 15 is 0 Å². The summed E-state index contributed by atoms with van der Waals surface area (Å²) in [7, 11) is 0. The standard InChI is InChI=1S/C7H14N2O/c8-3-7-4-9-1-6(7)2-10-5-7/h6,9H,1-5,8H2/t6-,7+/m0/s1. The van der Waals surface area contributed by atoms with Crippen molar-refractivity contribution >= 4 is 0 Å². The normalized spacial score (nSPS) is 45.9. The lowest BCUT2D eigenvalue weighted by Crippen LogP contribution is -2.37. The fraction of sp³-hybridized carbons (Fsp3) is 1.00. The van der Waals surface area contributed by atoms with Crippen LogP contribution in [0.2, 0.25) is 0 Å². The summed E-state index contributed by atoms with van der Waals surface area (Å²) in [5.74, 6) is 0.678. The van der Waals surface area contributed by atoms with E-state index in [9.17, 15) is 0 Å². The molecule has 0 bridgehead atoms. The van der Waals surface area contributed by atoms with Gasteiger partial charge in [-0.15, -0.1) is 0 Å². The predicted molar refractivity (Wildman–Crippen MR) is 38.7 cm³/mol. The Morgan fingerprint density at radius 1 is 1.70 bits per heavy atom. The van der Waals surface area contributed by atoms with E-state index in [4.69, 9.17) is 10.5 Å². The molecule has 0 aliphatic carbocycles. The van der Waals surface area contributed by atoms with Crippen molar-refractivity contribution in [2.45, 2.75) is 0 Å². The first kappa shape index (κ1) is 6.58. The molecule has 3 heteroatoms. The lowest BCUT2D eigenvalue weighted by molar-refractivity contribution is 0.155. The first-order chi connectivity index (χ1) is 4.87. The summed E-state index contributed by atoms with van der Waals surface area (Å²) in [6, 6.07) is 0. The molecule has 2 atom stereocenters. The van der Waals surface area contributed by atoms with Gasteiger partial charge in [-0.25, -0.2) is 0 Å². The van der Waals surface area contributed by atoms with E-state index in [1.165, 1.54) is 0 Å². The van der Waals surface area contributed by atoms with Gasteiger partial charge in [0.1, 0.15) is 0 Å². The lowest BCUT2D eigenvalue weighted by Gasteiger charge is -2.23. The van der Waals surface area contributed by atoms with E-state index in [-0.39, 0.29) is 0 Å². The van der Waals surface area contributed by atoms with Gasteiger partial charge in [-0.3, -0.25) is 0 Å². The molecule has 0 aromatic carbocycles. The van der Waals surface area contributed by atoms with Crippen LogP contribution in [-0.4, -0.2) is 32.8 Å². The highest BCUT2D eigenvalue weighted by Crippen LogP contribution is 2.35. The zero-order valence-electron chi connectivity index (χ0n) is 6.10. The van der Waals surface area contributed by atoms with Crippen molar-refractivity contribution in [3.8, 4) is 0 Å². The quantitative estimate of drug-likeness (QED) is 0.503. The van der Waals surface area contributed by atoms with Gasteiger partial charge in [-0.1, -0.05) is 0 Å². The molecule has 2 fully saturated rings. The number of nitrogens with two attached hydrogens (primary N) is 1. The van der Waals surface area contributed by atoms with Crippen molar-refractivity contribution < 1.29 is 4.74 Å². The third-order valence-electron chi connectivity index (χ3n) is 2.85. The maximum absolute atomic E-state index is 5.69. The minimum atomic E-state index is 0.292. The van der Waals surface area contributed by atoms with E-state index in [0.717, 1.165) is 32.8 Å². The van der Waals surface area contributed by atoms with Crippen LogP contribution in [0.5, 0.6) is 0 Å². The van der Waals surface area contributed by atoms with Crippen molar-refractivity contribution in [3.63, 3.8) is 0 Å². The zero-order valence-corrected chi connectivity index (χ0v) is 6.10. The van der Waals surface area contributed by atoms with Crippen LogP contribution in [0.15, 0.2) is 0 Å². The van der Waals surface area contributed by atoms with Crippen molar-refractivity contribution in [1.82, 2.24) is 5.32 Å². The Labute approximate surface area is 60.9 Å². The molecule has 2 aliphatic heterocycles. The molecule has 0 aromatic rings. The molecule has 2 rings (SSSR count). The van der Waals surface area contributed by atoms with Gasteiger partial charge >= 0.3 is 0 Å². The lowest BCUT2D eigenvalue weighted by atomic mass is 9.81. The number of fused-ring (bicyclic) bond motifs is 1. The van der Waals surface area contributed by atoms with Crippen LogP contribution in [0, 0.1) is 11.3 Å². The Bertz CT molecular complexity index is 128. The molecule has 0 radical (unpaired) electrons. The van der Waals surface area contributed by atoms with Gasteiger partial charge in [0.25, 0.3) is 0 Å². The number of hydrogen-bond acceptors (Lipinski definition) is 3. The van der Waals surface area contributed by atoms with Crippen LogP contribution < -0.4 is 11.1 Å². The van der Waals surface area contributed by atoms with Gasteiger partial charge in [0.2, 0.25) is 0 Å². The Morgan fingerprint density at radius 3 is 3.30 bits per heavy atom. The Balaban J connectivity index is 2.15. The SMILES string of the molecule is NC[C@]12CNC[C@H]1COC2. The molecule has 0 saturated carbocycles. The van der Waals surface area contributed by atoms with E-state index in [0.29, 0.717) is 11.3 Å². The molecular formula is C7H14N2O. The zero-order chi connectivity index (χ0) is 7.03. The Morgan fingerprint density at radius 2 is 2.60 bits per heavy atom. The van der Waals surface area contributed by atoms with Crippen molar-refractivity contribution in [3.05, 3.63) is 0 Å². The second-order valence-electron chi connectivity index (χ2n) is 3.41. The van der Waals surface area contributed by atoms with Crippen LogP contribution in [0.1, 0.15) is 0 Å². The third-order valence-corrected chi connectivity index (χ3v) is 2.85. The van der Waals surface area contributed by atoms with Crippen LogP contribution >= 0.6 is 0 Å². The molecule has 2 saturated heterocycles. The molecule has 3 nitrogen and oxygen atoms in total. The van der Waals surface area contributed by atoms with Gasteiger partial charge in [0.15, 0.2) is 0 Å². The molecule has 0 aromatic heterocycles. The average molecular weight is 142 g/mol. The summed E-state index contributed by atoms with van der Waals surface area (Å²) < 4.78 is 5.39. The van der Waals surface area contributed by atoms with E-state index in [1.54, 1.807) is 0 Å². The molecule has 10 heavy (non-hydrogen) atoms. The number of rotatable bonds is 1. The smallest absolute Gasteiger partial charge is 0.0550 e. The van der Waals surface area contributed by atoms with Gasteiger partial charge in [0.05, 0.1) is 13.2 Å². The average Bonchev–Trinajstić information content (AvgIpc) is 2.42. The minimum Gasteiger partial charge on any atom is -0.380 e. The summed E-state index contributed by atoms with van der Waals surface area (Å²) in [5, 5.41) is 3.36. The maximum Gasteiger partial charge on any atom is 0.0550 e. The largest absolute Gasteiger partial charge is 0.380 e. The van der Waals surface area contributed by atoms with Crippen molar-refractivity contribution in [2.75, 3.05) is 32.8 Å². The summed E-state index contributed by atoms with van der Waals surface area (Å²) in [6.45, 7) is 4.68. The van der Waals surface area contributed by atoms with Gasteiger partial charge in [0, 0.05) is 31.0 Å². The second-order valence-corrected chi connectivity index (χ2v) is 3.41. The molecule has 0 spiro atoms. The van der Waals surface area contributed by atoms with Crippen LogP contribution in [0.3, 0.4) is 0 Å². The van der Waals surface area contributed by atoms with Crippen molar-refractivity contribution in [1.29, 1.82) is 0 Å². The third kappa shape index (κ3) is 0.713. The number of hydrogen-bond donors (Lipinski definition) is 2. The second kappa shape index (κ2) is 2.19. The molecule has 0 unspecified atom stereocenters. The highest BCUT2D eigenvalue weighted by molar-refractivity contribution is 4.98. The molecule has 3 N–H and O–H groups in total. The van der Waals surface area contributed by atoms with E-state index in [1.807, 2.05) is 0 Å². The Kier molecular flexibility index (Phi) is 1.44. The molecule has 0 amide bonds. The van der Waals surface area contributed by atoms with Crippen LogP contribution in [-0.2, 0) is 4.74 Å². The van der Waals surface area contributed by atoms with Crippen LogP contribution in [0.25, 0.3) is 0 Å². The van der Waals surface area contributed by atoms with Gasteiger partial charge in [-0.2, -0.15) is 0 Å². The first-order valence-corrected chi connectivity index (χ1v) is 3.86. The number of nitrogens with one attached hydrogen (secondary N) is 1. The fourth-order valence-electron chi connectivity index (χ4n) is 1.96. The monoisotopic (exact) mass is 142 g/mol. The van der Waals surface area contributed by atoms with Crippen LogP contribution in [0.4, 0.5) is 0 Å². The maximum atomic E-state index is 5.69. The summed E-state index contributed by atoms with van der Waals surface area (Å²) >= 11 is 0. The summed E-state index contributed by atoms with van der Waals surface area (Å²) in [6.07, 6.45) is 0. The Hall–Kier alpha value is -0.120. The molecule has 2 heterocycles. The predicted octanol–water partition coefficient (Wildman–Crippen LogP) is -0.819. The fourth-order valence-corrected chi connectivity index (χ4v) is 1.96. The molecule has 58 valence electrons. The highest BCUT2D eigenvalue weighted by Gasteiger charge is 2.46. The summed E-state index contributed by atoms with van der Waals surface area (Å²) in [4.78, 5) is 0. The number of ether oxygens (including phenoxy) is 1. The van der Waals surface area contributed by atoms with Gasteiger partial charge < -0.3 is 15.8 Å². The summed E-state index contributed by atoms with van der Waals surface area (Å²) in [5.41, 5.74) is 5.98.